The van der Waals surface area contributed by atoms with Gasteiger partial charge in [0.25, 0.3) is 0 Å². The summed E-state index contributed by atoms with van der Waals surface area (Å²) in [5.41, 5.74) is 0. The van der Waals surface area contributed by atoms with Crippen LogP contribution >= 0.6 is 12.6 Å². The van der Waals surface area contributed by atoms with Crippen LogP contribution in [0.25, 0.3) is 0 Å². The van der Waals surface area contributed by atoms with E-state index in [4.69, 9.17) is 0 Å². The molecule has 0 N–H and O–H groups in total. The number of rotatable bonds is 5. The van der Waals surface area contributed by atoms with Gasteiger partial charge in [0.2, 0.25) is 0 Å². The molecule has 0 spiro atoms. The highest BCUT2D eigenvalue weighted by Crippen LogP contribution is 2.16. The van der Waals surface area contributed by atoms with Crippen LogP contribution in [0.1, 0.15) is 13.3 Å². The number of nitrogens with zero attached hydrogens (tertiary/aromatic N) is 1. The van der Waals surface area contributed by atoms with E-state index in [9.17, 15) is 13.2 Å². The predicted octanol–water partition coefficient (Wildman–Crippen LogP) is 2.19. The average molecular weight is 201 g/mol. The van der Waals surface area contributed by atoms with Gasteiger partial charge in [-0.3, -0.25) is 4.90 Å². The lowest BCUT2D eigenvalue weighted by Gasteiger charge is -2.21. The molecule has 74 valence electrons. The highest BCUT2D eigenvalue weighted by atomic mass is 32.1. The molecule has 5 heteroatoms. The van der Waals surface area contributed by atoms with Gasteiger partial charge in [0.1, 0.15) is 0 Å². The summed E-state index contributed by atoms with van der Waals surface area (Å²) in [6.07, 6.45) is -3.38. The van der Waals surface area contributed by atoms with E-state index >= 15 is 0 Å². The summed E-state index contributed by atoms with van der Waals surface area (Å²) in [4.78, 5) is 1.37. The SMILES string of the molecule is CCN(CCCS)CC(F)(F)F. The largest absolute Gasteiger partial charge is 0.401 e. The molecule has 0 bridgehead atoms. The van der Waals surface area contributed by atoms with Gasteiger partial charge < -0.3 is 0 Å². The molecule has 0 aromatic carbocycles. The topological polar surface area (TPSA) is 3.24 Å². The summed E-state index contributed by atoms with van der Waals surface area (Å²) < 4.78 is 35.6. The Bertz CT molecular complexity index is 116. The molecule has 1 nitrogen and oxygen atoms in total. The van der Waals surface area contributed by atoms with Crippen molar-refractivity contribution in [2.75, 3.05) is 25.4 Å². The Morgan fingerprint density at radius 3 is 2.25 bits per heavy atom. The summed E-state index contributed by atoms with van der Waals surface area (Å²) in [6.45, 7) is 1.83. The average Bonchev–Trinajstić information content (AvgIpc) is 1.95. The summed E-state index contributed by atoms with van der Waals surface area (Å²) >= 11 is 3.94. The van der Waals surface area contributed by atoms with Crippen molar-refractivity contribution >= 4 is 12.6 Å². The van der Waals surface area contributed by atoms with E-state index in [0.29, 0.717) is 25.3 Å². The molecule has 0 saturated carbocycles. The standard InChI is InChI=1S/C7H14F3NS/c1-2-11(4-3-5-12)6-7(8,9)10/h12H,2-6H2,1H3. The maximum absolute atomic E-state index is 11.9. The molecule has 0 aliphatic heterocycles. The van der Waals surface area contributed by atoms with Gasteiger partial charge in [0.15, 0.2) is 0 Å². The van der Waals surface area contributed by atoms with Crippen molar-refractivity contribution < 1.29 is 13.2 Å². The van der Waals surface area contributed by atoms with Gasteiger partial charge in [-0.05, 0) is 25.3 Å². The Labute approximate surface area is 76.3 Å². The van der Waals surface area contributed by atoms with Gasteiger partial charge in [-0.15, -0.1) is 0 Å². The molecule has 0 saturated heterocycles. The van der Waals surface area contributed by atoms with E-state index in [1.807, 2.05) is 0 Å². The first-order valence-electron chi connectivity index (χ1n) is 3.89. The molecule has 0 atom stereocenters. The smallest absolute Gasteiger partial charge is 0.295 e. The van der Waals surface area contributed by atoms with Gasteiger partial charge in [-0.25, -0.2) is 0 Å². The fourth-order valence-corrected chi connectivity index (χ4v) is 1.04. The fourth-order valence-electron chi connectivity index (χ4n) is 0.897. The second kappa shape index (κ2) is 5.70. The maximum Gasteiger partial charge on any atom is 0.401 e. The highest BCUT2D eigenvalue weighted by molar-refractivity contribution is 7.80. The third-order valence-electron chi connectivity index (χ3n) is 1.48. The number of hydrogen-bond acceptors (Lipinski definition) is 2. The second-order valence-electron chi connectivity index (χ2n) is 2.56. The Balaban J connectivity index is 3.67. The van der Waals surface area contributed by atoms with Gasteiger partial charge in [-0.1, -0.05) is 6.92 Å². The quantitative estimate of drug-likeness (QED) is 0.667. The zero-order valence-electron chi connectivity index (χ0n) is 7.06. The predicted molar refractivity (Wildman–Crippen MR) is 46.6 cm³/mol. The molecular formula is C7H14F3NS. The third-order valence-corrected chi connectivity index (χ3v) is 1.80. The Hall–Kier alpha value is 0.100. The van der Waals surface area contributed by atoms with Gasteiger partial charge in [0, 0.05) is 0 Å². The molecule has 0 aliphatic rings. The molecule has 0 amide bonds. The number of thiol groups is 1. The molecule has 12 heavy (non-hydrogen) atoms. The number of halogens is 3. The first-order chi connectivity index (χ1) is 5.49. The molecule has 0 heterocycles. The van der Waals surface area contributed by atoms with Crippen molar-refractivity contribution in [1.82, 2.24) is 4.90 Å². The fraction of sp³-hybridized carbons (Fsp3) is 1.00. The van der Waals surface area contributed by atoms with Crippen molar-refractivity contribution in [2.24, 2.45) is 0 Å². The summed E-state index contributed by atoms with van der Waals surface area (Å²) in [7, 11) is 0. The lowest BCUT2D eigenvalue weighted by Crippen LogP contribution is -2.34. The molecule has 0 aromatic rings. The van der Waals surface area contributed by atoms with E-state index in [1.165, 1.54) is 4.90 Å². The zero-order valence-corrected chi connectivity index (χ0v) is 7.96. The van der Waals surface area contributed by atoms with Gasteiger partial charge in [-0.2, -0.15) is 25.8 Å². The van der Waals surface area contributed by atoms with Crippen LogP contribution in [0.5, 0.6) is 0 Å². The summed E-state index contributed by atoms with van der Waals surface area (Å²) in [5.74, 6) is 0.633. The van der Waals surface area contributed by atoms with E-state index in [0.717, 1.165) is 0 Å². The van der Waals surface area contributed by atoms with E-state index in [1.54, 1.807) is 6.92 Å². The highest BCUT2D eigenvalue weighted by Gasteiger charge is 2.29. The molecular weight excluding hydrogens is 187 g/mol. The van der Waals surface area contributed by atoms with Crippen LogP contribution in [0.3, 0.4) is 0 Å². The van der Waals surface area contributed by atoms with Crippen LogP contribution < -0.4 is 0 Å². The Kier molecular flexibility index (Phi) is 5.74. The summed E-state index contributed by atoms with van der Waals surface area (Å²) in [6, 6.07) is 0. The minimum Gasteiger partial charge on any atom is -0.295 e. The van der Waals surface area contributed by atoms with Crippen molar-refractivity contribution in [3.8, 4) is 0 Å². The Morgan fingerprint density at radius 1 is 1.33 bits per heavy atom. The minimum absolute atomic E-state index is 0.438. The minimum atomic E-state index is -4.08. The van der Waals surface area contributed by atoms with Crippen LogP contribution in [0, 0.1) is 0 Å². The molecule has 0 unspecified atom stereocenters. The third kappa shape index (κ3) is 6.79. The second-order valence-corrected chi connectivity index (χ2v) is 3.01. The molecule has 0 aliphatic carbocycles. The molecule has 0 fully saturated rings. The van der Waals surface area contributed by atoms with Crippen molar-refractivity contribution in [1.29, 1.82) is 0 Å². The van der Waals surface area contributed by atoms with Crippen molar-refractivity contribution in [3.63, 3.8) is 0 Å². The lowest BCUT2D eigenvalue weighted by molar-refractivity contribution is -0.145. The van der Waals surface area contributed by atoms with Crippen LogP contribution in [0.2, 0.25) is 0 Å². The van der Waals surface area contributed by atoms with Crippen LogP contribution in [0.4, 0.5) is 13.2 Å². The van der Waals surface area contributed by atoms with Gasteiger partial charge >= 0.3 is 6.18 Å². The molecule has 0 rings (SSSR count). The van der Waals surface area contributed by atoms with Crippen LogP contribution in [-0.2, 0) is 0 Å². The van der Waals surface area contributed by atoms with Gasteiger partial charge in [0.05, 0.1) is 6.54 Å². The summed E-state index contributed by atoms with van der Waals surface area (Å²) in [5, 5.41) is 0. The molecule has 0 aromatic heterocycles. The number of alkyl halides is 3. The first-order valence-corrected chi connectivity index (χ1v) is 4.52. The van der Waals surface area contributed by atoms with Crippen LogP contribution in [-0.4, -0.2) is 36.5 Å². The maximum atomic E-state index is 11.9. The van der Waals surface area contributed by atoms with Crippen molar-refractivity contribution in [2.45, 2.75) is 19.5 Å². The Morgan fingerprint density at radius 2 is 1.92 bits per heavy atom. The monoisotopic (exact) mass is 201 g/mol. The van der Waals surface area contributed by atoms with E-state index in [-0.39, 0.29) is 0 Å². The first kappa shape index (κ1) is 12.1. The lowest BCUT2D eigenvalue weighted by atomic mass is 10.4. The number of hydrogen-bond donors (Lipinski definition) is 1. The van der Waals surface area contributed by atoms with E-state index < -0.39 is 12.7 Å². The molecule has 0 radical (unpaired) electrons. The van der Waals surface area contributed by atoms with Crippen molar-refractivity contribution in [3.05, 3.63) is 0 Å². The normalized spacial score (nSPS) is 12.5. The van der Waals surface area contributed by atoms with Crippen LogP contribution in [0.15, 0.2) is 0 Å². The van der Waals surface area contributed by atoms with E-state index in [2.05, 4.69) is 12.6 Å². The zero-order chi connectivity index (χ0) is 9.61.